The van der Waals surface area contributed by atoms with Gasteiger partial charge in [-0.1, -0.05) is 41.9 Å². The summed E-state index contributed by atoms with van der Waals surface area (Å²) in [7, 11) is 0. The largest absolute Gasteiger partial charge is 0.317 e. The Labute approximate surface area is 204 Å². The number of benzene rings is 2. The van der Waals surface area contributed by atoms with E-state index in [0.717, 1.165) is 38.0 Å². The van der Waals surface area contributed by atoms with Crippen molar-refractivity contribution in [3.63, 3.8) is 0 Å². The van der Waals surface area contributed by atoms with Crippen LogP contribution in [0.5, 0.6) is 0 Å². The first kappa shape index (κ1) is 22.7. The van der Waals surface area contributed by atoms with Gasteiger partial charge in [-0.2, -0.15) is 9.78 Å². The topological polar surface area (TPSA) is 52.2 Å². The molecule has 0 bridgehead atoms. The van der Waals surface area contributed by atoms with Crippen molar-refractivity contribution in [1.29, 1.82) is 0 Å². The van der Waals surface area contributed by atoms with Crippen LogP contribution in [0.15, 0.2) is 67.4 Å². The number of nitrogens with zero attached hydrogens (tertiary/aromatic N) is 4. The third-order valence-electron chi connectivity index (χ3n) is 5.76. The summed E-state index contributed by atoms with van der Waals surface area (Å²) >= 11 is 7.10. The van der Waals surface area contributed by atoms with Crippen molar-refractivity contribution in [2.24, 2.45) is 5.10 Å². The summed E-state index contributed by atoms with van der Waals surface area (Å²) < 4.78 is 5.49. The minimum Gasteiger partial charge on any atom is -0.317 e. The minimum absolute atomic E-state index is 0.0978. The van der Waals surface area contributed by atoms with Crippen molar-refractivity contribution in [1.82, 2.24) is 14.2 Å². The lowest BCUT2D eigenvalue weighted by molar-refractivity contribution is 0.613. The molecule has 0 aliphatic carbocycles. The molecule has 7 heteroatoms. The Balaban J connectivity index is 1.86. The van der Waals surface area contributed by atoms with Gasteiger partial charge in [-0.25, -0.2) is 4.98 Å². The van der Waals surface area contributed by atoms with Gasteiger partial charge in [0, 0.05) is 31.8 Å². The Morgan fingerprint density at radius 2 is 1.88 bits per heavy atom. The van der Waals surface area contributed by atoms with Gasteiger partial charge in [0.2, 0.25) is 0 Å². The summed E-state index contributed by atoms with van der Waals surface area (Å²) in [6.07, 6.45) is 2.62. The summed E-state index contributed by atoms with van der Waals surface area (Å²) in [6.45, 7) is 8.27. The molecule has 2 heterocycles. The van der Waals surface area contributed by atoms with E-state index in [-0.39, 0.29) is 11.5 Å². The van der Waals surface area contributed by atoms with Gasteiger partial charge in [-0.05, 0) is 72.6 Å². The van der Waals surface area contributed by atoms with Crippen LogP contribution in [0.1, 0.15) is 49.0 Å². The maximum atomic E-state index is 13.3. The van der Waals surface area contributed by atoms with E-state index in [4.69, 9.17) is 4.98 Å². The van der Waals surface area contributed by atoms with Crippen LogP contribution in [-0.2, 0) is 0 Å². The van der Waals surface area contributed by atoms with Crippen molar-refractivity contribution in [2.75, 3.05) is 0 Å². The fraction of sp³-hybridized carbons (Fsp3) is 0.240. The number of fused-ring (bicyclic) bond motifs is 1. The Morgan fingerprint density at radius 1 is 1.12 bits per heavy atom. The van der Waals surface area contributed by atoms with Crippen LogP contribution >= 0.6 is 31.9 Å². The van der Waals surface area contributed by atoms with Crippen LogP contribution in [-0.4, -0.2) is 20.4 Å². The van der Waals surface area contributed by atoms with E-state index in [9.17, 15) is 4.79 Å². The molecule has 0 saturated heterocycles. The van der Waals surface area contributed by atoms with E-state index in [1.54, 1.807) is 12.3 Å². The van der Waals surface area contributed by atoms with Crippen LogP contribution in [0.4, 0.5) is 0 Å². The maximum absolute atomic E-state index is 13.3. The SMILES string of the molecule is CC[C@H](C)c1nc2ccc(Br)cc2c(=O)n1N=Cc1cc(C)n(-c2ccccc2Br)c1C. The molecular formula is C25H24Br2N4O. The summed E-state index contributed by atoms with van der Waals surface area (Å²) in [5.41, 5.74) is 4.68. The molecule has 0 aliphatic heterocycles. The minimum atomic E-state index is -0.164. The van der Waals surface area contributed by atoms with Gasteiger partial charge >= 0.3 is 0 Å². The van der Waals surface area contributed by atoms with Crippen molar-refractivity contribution in [3.8, 4) is 5.69 Å². The molecule has 2 aromatic heterocycles. The first-order valence-corrected chi connectivity index (χ1v) is 12.1. The van der Waals surface area contributed by atoms with Gasteiger partial charge in [-0.3, -0.25) is 4.79 Å². The van der Waals surface area contributed by atoms with Crippen LogP contribution in [0.3, 0.4) is 0 Å². The number of aryl methyl sites for hydroxylation is 1. The van der Waals surface area contributed by atoms with E-state index in [1.807, 2.05) is 30.3 Å². The molecule has 0 amide bonds. The molecule has 5 nitrogen and oxygen atoms in total. The molecule has 4 aromatic rings. The molecule has 0 spiro atoms. The highest BCUT2D eigenvalue weighted by Crippen LogP contribution is 2.26. The van der Waals surface area contributed by atoms with Crippen molar-refractivity contribution in [2.45, 2.75) is 40.0 Å². The summed E-state index contributed by atoms with van der Waals surface area (Å²) in [5.74, 6) is 0.767. The van der Waals surface area contributed by atoms with E-state index in [0.29, 0.717) is 16.7 Å². The first-order chi connectivity index (χ1) is 15.3. The number of halogens is 2. The second-order valence-corrected chi connectivity index (χ2v) is 9.69. The quantitative estimate of drug-likeness (QED) is 0.256. The summed E-state index contributed by atoms with van der Waals surface area (Å²) in [5, 5.41) is 5.18. The molecule has 0 fully saturated rings. The monoisotopic (exact) mass is 554 g/mol. The zero-order chi connectivity index (χ0) is 23.0. The number of hydrogen-bond donors (Lipinski definition) is 0. The number of rotatable bonds is 5. The molecule has 0 unspecified atom stereocenters. The zero-order valence-electron chi connectivity index (χ0n) is 18.4. The van der Waals surface area contributed by atoms with Crippen molar-refractivity contribution < 1.29 is 0 Å². The Bertz CT molecular complexity index is 1400. The molecular weight excluding hydrogens is 532 g/mol. The fourth-order valence-electron chi connectivity index (χ4n) is 3.82. The second-order valence-electron chi connectivity index (χ2n) is 7.92. The van der Waals surface area contributed by atoms with Crippen LogP contribution in [0.2, 0.25) is 0 Å². The highest BCUT2D eigenvalue weighted by Gasteiger charge is 2.16. The van der Waals surface area contributed by atoms with Gasteiger partial charge < -0.3 is 4.57 Å². The predicted octanol–water partition coefficient (Wildman–Crippen LogP) is 6.72. The van der Waals surface area contributed by atoms with Crippen LogP contribution in [0.25, 0.3) is 16.6 Å². The normalized spacial score (nSPS) is 12.7. The van der Waals surface area contributed by atoms with E-state index in [1.165, 1.54) is 4.68 Å². The third-order valence-corrected chi connectivity index (χ3v) is 6.93. The van der Waals surface area contributed by atoms with Gasteiger partial charge in [0.05, 0.1) is 22.8 Å². The van der Waals surface area contributed by atoms with Gasteiger partial charge in [0.1, 0.15) is 5.82 Å². The van der Waals surface area contributed by atoms with Crippen LogP contribution in [0, 0.1) is 13.8 Å². The summed E-state index contributed by atoms with van der Waals surface area (Å²) in [4.78, 5) is 18.1. The smallest absolute Gasteiger partial charge is 0.282 e. The van der Waals surface area contributed by atoms with Crippen molar-refractivity contribution in [3.05, 3.63) is 90.6 Å². The number of hydrogen-bond acceptors (Lipinski definition) is 3. The molecule has 1 atom stereocenters. The number of aromatic nitrogens is 3. The Morgan fingerprint density at radius 3 is 2.59 bits per heavy atom. The molecule has 2 aromatic carbocycles. The molecule has 0 aliphatic rings. The fourth-order valence-corrected chi connectivity index (χ4v) is 4.64. The molecule has 32 heavy (non-hydrogen) atoms. The highest BCUT2D eigenvalue weighted by atomic mass is 79.9. The van der Waals surface area contributed by atoms with Gasteiger partial charge in [-0.15, -0.1) is 0 Å². The Hall–Kier alpha value is -2.51. The van der Waals surface area contributed by atoms with E-state index in [2.05, 4.69) is 81.4 Å². The zero-order valence-corrected chi connectivity index (χ0v) is 21.6. The third kappa shape index (κ3) is 4.11. The lowest BCUT2D eigenvalue weighted by Crippen LogP contribution is -2.23. The molecule has 164 valence electrons. The number of para-hydroxylation sites is 1. The van der Waals surface area contributed by atoms with E-state index < -0.39 is 0 Å². The summed E-state index contributed by atoms with van der Waals surface area (Å²) in [6, 6.07) is 15.8. The average Bonchev–Trinajstić information content (AvgIpc) is 3.06. The highest BCUT2D eigenvalue weighted by molar-refractivity contribution is 9.10. The lowest BCUT2D eigenvalue weighted by atomic mass is 10.1. The van der Waals surface area contributed by atoms with Crippen LogP contribution < -0.4 is 5.56 Å². The average molecular weight is 556 g/mol. The molecule has 0 N–H and O–H groups in total. The van der Waals surface area contributed by atoms with Gasteiger partial charge in [0.15, 0.2) is 0 Å². The lowest BCUT2D eigenvalue weighted by Gasteiger charge is -2.14. The second kappa shape index (κ2) is 9.16. The molecule has 0 saturated carbocycles. The van der Waals surface area contributed by atoms with Gasteiger partial charge in [0.25, 0.3) is 5.56 Å². The molecule has 4 rings (SSSR count). The predicted molar refractivity (Wildman–Crippen MR) is 138 cm³/mol. The Kier molecular flexibility index (Phi) is 6.49. The van der Waals surface area contributed by atoms with Crippen molar-refractivity contribution >= 4 is 49.0 Å². The first-order valence-electron chi connectivity index (χ1n) is 10.5. The molecule has 0 radical (unpaired) electrons. The standard InChI is InChI=1S/C25H24Br2N4O/c1-5-15(2)24-29-22-11-10-19(26)13-20(22)25(32)31(24)28-14-18-12-16(3)30(17(18)4)23-9-7-6-8-21(23)27/h6-15H,5H2,1-4H3/t15-/m0/s1. The van der Waals surface area contributed by atoms with E-state index >= 15 is 0 Å². The maximum Gasteiger partial charge on any atom is 0.282 e.